The number of hydrogen-bond donors (Lipinski definition) is 0. The molecule has 0 unspecified atom stereocenters. The fourth-order valence-corrected chi connectivity index (χ4v) is 1.81. The van der Waals surface area contributed by atoms with E-state index in [9.17, 15) is 13.6 Å². The molecule has 1 aromatic rings. The number of hydrogen-bond acceptors (Lipinski definition) is 3. The van der Waals surface area contributed by atoms with Crippen LogP contribution in [-0.2, 0) is 20.9 Å². The Balaban J connectivity index is 2.01. The first-order valence-corrected chi connectivity index (χ1v) is 5.73. The molecule has 1 fully saturated rings. The highest BCUT2D eigenvalue weighted by Crippen LogP contribution is 2.34. The van der Waals surface area contributed by atoms with Gasteiger partial charge >= 0.3 is 11.9 Å². The van der Waals surface area contributed by atoms with E-state index in [-0.39, 0.29) is 6.61 Å². The second-order valence-electron chi connectivity index (χ2n) is 4.30. The molecule has 1 aliphatic heterocycles. The molecule has 0 amide bonds. The van der Waals surface area contributed by atoms with E-state index in [2.05, 4.69) is 4.74 Å². The molecule has 3 nitrogen and oxygen atoms in total. The molecule has 1 aromatic carbocycles. The molecule has 18 heavy (non-hydrogen) atoms. The second kappa shape index (κ2) is 5.02. The number of alkyl halides is 2. The molecule has 0 N–H and O–H groups in total. The highest BCUT2D eigenvalue weighted by Gasteiger charge is 2.52. The summed E-state index contributed by atoms with van der Waals surface area (Å²) in [7, 11) is 0. The Morgan fingerprint density at radius 1 is 1.39 bits per heavy atom. The summed E-state index contributed by atoms with van der Waals surface area (Å²) in [6.07, 6.45) is -3.28. The van der Waals surface area contributed by atoms with Gasteiger partial charge in [-0.05, 0) is 12.5 Å². The van der Waals surface area contributed by atoms with E-state index in [1.54, 1.807) is 24.3 Å². The van der Waals surface area contributed by atoms with Crippen molar-refractivity contribution in [3.8, 4) is 0 Å². The molecule has 0 spiro atoms. The van der Waals surface area contributed by atoms with Gasteiger partial charge in [-0.2, -0.15) is 8.78 Å². The molecule has 2 atom stereocenters. The van der Waals surface area contributed by atoms with Crippen LogP contribution in [0.25, 0.3) is 0 Å². The van der Waals surface area contributed by atoms with Gasteiger partial charge in [0.1, 0.15) is 6.10 Å². The Bertz CT molecular complexity index is 420. The maximum absolute atomic E-state index is 13.7. The number of rotatable bonds is 3. The van der Waals surface area contributed by atoms with Gasteiger partial charge in [-0.3, -0.25) is 4.79 Å². The Hall–Kier alpha value is -1.49. The normalized spacial score (nSPS) is 26.7. The van der Waals surface area contributed by atoms with Gasteiger partial charge in [0.25, 0.3) is 0 Å². The smallest absolute Gasteiger partial charge is 0.310 e. The SMILES string of the molecule is C[C@H]1OC(=O)C[C@@H](OCc2ccccc2)C1(F)F. The molecule has 0 bridgehead atoms. The number of carbonyl (C=O) groups excluding carboxylic acids is 1. The topological polar surface area (TPSA) is 35.5 Å². The standard InChI is InChI=1S/C13H14F2O3/c1-9-13(14,15)11(7-12(16)18-9)17-8-10-5-3-2-4-6-10/h2-6,9,11H,7-8H2,1H3/t9-,11-/m1/s1. The number of ether oxygens (including phenoxy) is 2. The number of halogens is 2. The lowest BCUT2D eigenvalue weighted by Crippen LogP contribution is -2.52. The first-order valence-electron chi connectivity index (χ1n) is 5.73. The zero-order chi connectivity index (χ0) is 13.2. The summed E-state index contributed by atoms with van der Waals surface area (Å²) in [5.74, 6) is -3.80. The number of esters is 1. The molecule has 1 heterocycles. The van der Waals surface area contributed by atoms with Gasteiger partial charge in [0.2, 0.25) is 0 Å². The first-order chi connectivity index (χ1) is 8.50. The maximum Gasteiger partial charge on any atom is 0.310 e. The minimum Gasteiger partial charge on any atom is -0.456 e. The predicted molar refractivity (Wildman–Crippen MR) is 60.1 cm³/mol. The monoisotopic (exact) mass is 256 g/mol. The Morgan fingerprint density at radius 2 is 2.06 bits per heavy atom. The third kappa shape index (κ3) is 2.67. The van der Waals surface area contributed by atoms with Crippen molar-refractivity contribution in [1.29, 1.82) is 0 Å². The van der Waals surface area contributed by atoms with Gasteiger partial charge in [0.15, 0.2) is 6.10 Å². The minimum absolute atomic E-state index is 0.0566. The zero-order valence-corrected chi connectivity index (χ0v) is 9.94. The van der Waals surface area contributed by atoms with Crippen LogP contribution in [0.1, 0.15) is 18.9 Å². The van der Waals surface area contributed by atoms with Crippen LogP contribution in [0.15, 0.2) is 30.3 Å². The van der Waals surface area contributed by atoms with Crippen molar-refractivity contribution in [2.45, 2.75) is 38.1 Å². The molecule has 0 saturated carbocycles. The Kier molecular flexibility index (Phi) is 3.61. The highest BCUT2D eigenvalue weighted by molar-refractivity contribution is 5.71. The Labute approximate surface area is 104 Å². The van der Waals surface area contributed by atoms with Gasteiger partial charge in [-0.25, -0.2) is 0 Å². The van der Waals surface area contributed by atoms with Gasteiger partial charge < -0.3 is 9.47 Å². The van der Waals surface area contributed by atoms with Crippen molar-refractivity contribution in [2.75, 3.05) is 0 Å². The molecule has 2 rings (SSSR count). The third-order valence-electron chi connectivity index (χ3n) is 2.93. The lowest BCUT2D eigenvalue weighted by molar-refractivity contribution is -0.234. The quantitative estimate of drug-likeness (QED) is 0.780. The fourth-order valence-electron chi connectivity index (χ4n) is 1.81. The van der Waals surface area contributed by atoms with Gasteiger partial charge in [0.05, 0.1) is 13.0 Å². The summed E-state index contributed by atoms with van der Waals surface area (Å²) < 4.78 is 37.2. The molecular formula is C13H14F2O3. The summed E-state index contributed by atoms with van der Waals surface area (Å²) >= 11 is 0. The third-order valence-corrected chi connectivity index (χ3v) is 2.93. The summed E-state index contributed by atoms with van der Waals surface area (Å²) in [4.78, 5) is 11.1. The van der Waals surface area contributed by atoms with Crippen molar-refractivity contribution >= 4 is 5.97 Å². The van der Waals surface area contributed by atoms with Crippen LogP contribution >= 0.6 is 0 Å². The largest absolute Gasteiger partial charge is 0.456 e. The van der Waals surface area contributed by atoms with Gasteiger partial charge in [-0.1, -0.05) is 30.3 Å². The van der Waals surface area contributed by atoms with Crippen LogP contribution < -0.4 is 0 Å². The van der Waals surface area contributed by atoms with Crippen molar-refractivity contribution in [3.05, 3.63) is 35.9 Å². The summed E-state index contributed by atoms with van der Waals surface area (Å²) in [5, 5.41) is 0. The lowest BCUT2D eigenvalue weighted by atomic mass is 10.0. The summed E-state index contributed by atoms with van der Waals surface area (Å²) in [5.41, 5.74) is 0.792. The van der Waals surface area contributed by atoms with Crippen molar-refractivity contribution in [3.63, 3.8) is 0 Å². The van der Waals surface area contributed by atoms with E-state index >= 15 is 0 Å². The molecule has 1 aliphatic rings. The summed E-state index contributed by atoms with van der Waals surface area (Å²) in [6, 6.07) is 8.99. The summed E-state index contributed by atoms with van der Waals surface area (Å²) in [6.45, 7) is 1.23. The average molecular weight is 256 g/mol. The van der Waals surface area contributed by atoms with E-state index in [0.717, 1.165) is 5.56 Å². The van der Waals surface area contributed by atoms with E-state index in [4.69, 9.17) is 4.74 Å². The molecule has 5 heteroatoms. The number of cyclic esters (lactones) is 1. The fraction of sp³-hybridized carbons (Fsp3) is 0.462. The zero-order valence-electron chi connectivity index (χ0n) is 9.94. The maximum atomic E-state index is 13.7. The molecule has 0 aromatic heterocycles. The second-order valence-corrected chi connectivity index (χ2v) is 4.30. The van der Waals surface area contributed by atoms with Crippen molar-refractivity contribution in [2.24, 2.45) is 0 Å². The lowest BCUT2D eigenvalue weighted by Gasteiger charge is -2.35. The van der Waals surface area contributed by atoms with Crippen LogP contribution in [0.5, 0.6) is 0 Å². The van der Waals surface area contributed by atoms with E-state index in [0.29, 0.717) is 0 Å². The number of carbonyl (C=O) groups is 1. The van der Waals surface area contributed by atoms with E-state index < -0.39 is 30.5 Å². The van der Waals surface area contributed by atoms with Crippen molar-refractivity contribution < 1.29 is 23.0 Å². The van der Waals surface area contributed by atoms with Crippen LogP contribution in [0, 0.1) is 0 Å². The highest BCUT2D eigenvalue weighted by atomic mass is 19.3. The van der Waals surface area contributed by atoms with Gasteiger partial charge in [0, 0.05) is 0 Å². The molecule has 1 saturated heterocycles. The molecular weight excluding hydrogens is 242 g/mol. The van der Waals surface area contributed by atoms with Crippen LogP contribution in [0.2, 0.25) is 0 Å². The van der Waals surface area contributed by atoms with Crippen LogP contribution in [0.3, 0.4) is 0 Å². The van der Waals surface area contributed by atoms with E-state index in [1.165, 1.54) is 6.92 Å². The van der Waals surface area contributed by atoms with Gasteiger partial charge in [-0.15, -0.1) is 0 Å². The van der Waals surface area contributed by atoms with Crippen LogP contribution in [0.4, 0.5) is 8.78 Å². The molecule has 0 aliphatic carbocycles. The predicted octanol–water partition coefficient (Wildman–Crippen LogP) is 2.54. The minimum atomic E-state index is -3.15. The molecule has 0 radical (unpaired) electrons. The average Bonchev–Trinajstić information content (AvgIpc) is 2.34. The molecule has 98 valence electrons. The van der Waals surface area contributed by atoms with E-state index in [1.807, 2.05) is 6.07 Å². The first kappa shape index (κ1) is 13.0. The number of benzene rings is 1. The Morgan fingerprint density at radius 3 is 2.72 bits per heavy atom. The van der Waals surface area contributed by atoms with Crippen LogP contribution in [-0.4, -0.2) is 24.1 Å². The van der Waals surface area contributed by atoms with Crippen molar-refractivity contribution in [1.82, 2.24) is 0 Å².